The zero-order valence-corrected chi connectivity index (χ0v) is 13.7. The molecule has 2 heterocycles. The topological polar surface area (TPSA) is 73.5 Å². The molecule has 0 bridgehead atoms. The second-order valence-electron chi connectivity index (χ2n) is 5.54. The van der Waals surface area contributed by atoms with Gasteiger partial charge in [0.15, 0.2) is 4.21 Å². The van der Waals surface area contributed by atoms with Crippen LogP contribution in [0, 0.1) is 12.8 Å². The number of sulfonamides is 1. The lowest BCUT2D eigenvalue weighted by Crippen LogP contribution is -2.40. The quantitative estimate of drug-likeness (QED) is 0.887. The summed E-state index contributed by atoms with van der Waals surface area (Å²) in [5, 5.41) is 0. The summed E-state index contributed by atoms with van der Waals surface area (Å²) in [6.07, 6.45) is 1.74. The van der Waals surface area contributed by atoms with Crippen LogP contribution in [0.4, 0.5) is 0 Å². The summed E-state index contributed by atoms with van der Waals surface area (Å²) in [5.41, 5.74) is 0.440. The Morgan fingerprint density at radius 1 is 1.35 bits per heavy atom. The molecule has 1 aliphatic rings. The van der Waals surface area contributed by atoms with Crippen molar-refractivity contribution in [1.29, 1.82) is 0 Å². The highest BCUT2D eigenvalue weighted by molar-refractivity contribution is 7.91. The van der Waals surface area contributed by atoms with Gasteiger partial charge in [0.1, 0.15) is 0 Å². The fourth-order valence-electron chi connectivity index (χ4n) is 2.60. The van der Waals surface area contributed by atoms with Gasteiger partial charge in [-0.2, -0.15) is 4.31 Å². The molecule has 0 spiro atoms. The van der Waals surface area contributed by atoms with E-state index in [1.807, 2.05) is 14.1 Å². The smallest absolute Gasteiger partial charge is 0.305 e. The molecule has 0 amide bonds. The zero-order valence-electron chi connectivity index (χ0n) is 12.0. The Hall–Kier alpha value is -0.700. The number of H-pyrrole nitrogens is 1. The first kappa shape index (κ1) is 15.7. The minimum Gasteiger partial charge on any atom is -0.315 e. The van der Waals surface area contributed by atoms with Crippen molar-refractivity contribution in [1.82, 2.24) is 14.2 Å². The van der Waals surface area contributed by atoms with Crippen molar-refractivity contribution >= 4 is 21.4 Å². The Bertz CT molecular complexity index is 610. The molecule has 0 aromatic carbocycles. The average Bonchev–Trinajstić information content (AvgIpc) is 2.69. The number of rotatable bonds is 4. The summed E-state index contributed by atoms with van der Waals surface area (Å²) >= 11 is 0.777. The molecule has 1 saturated heterocycles. The first-order chi connectivity index (χ1) is 9.30. The molecule has 1 fully saturated rings. The number of nitrogens with one attached hydrogen (secondary N) is 1. The van der Waals surface area contributed by atoms with E-state index in [4.69, 9.17) is 0 Å². The van der Waals surface area contributed by atoms with Gasteiger partial charge in [0.25, 0.3) is 10.0 Å². The average molecular weight is 319 g/mol. The molecule has 0 aliphatic carbocycles. The van der Waals surface area contributed by atoms with Crippen LogP contribution in [-0.4, -0.2) is 56.3 Å². The molecule has 0 unspecified atom stereocenters. The van der Waals surface area contributed by atoms with E-state index < -0.39 is 10.0 Å². The highest BCUT2D eigenvalue weighted by Crippen LogP contribution is 2.26. The van der Waals surface area contributed by atoms with Crippen molar-refractivity contribution in [2.45, 2.75) is 24.0 Å². The second kappa shape index (κ2) is 5.97. The Balaban J connectivity index is 2.10. The Morgan fingerprint density at radius 3 is 2.40 bits per heavy atom. The van der Waals surface area contributed by atoms with E-state index in [0.717, 1.165) is 30.7 Å². The molecule has 0 radical (unpaired) electrons. The molecular weight excluding hydrogens is 298 g/mol. The second-order valence-corrected chi connectivity index (χ2v) is 8.65. The lowest BCUT2D eigenvalue weighted by molar-refractivity contribution is 0.225. The Labute approximate surface area is 123 Å². The maximum Gasteiger partial charge on any atom is 0.305 e. The molecule has 0 atom stereocenters. The van der Waals surface area contributed by atoms with Crippen LogP contribution in [0.25, 0.3) is 0 Å². The van der Waals surface area contributed by atoms with E-state index in [1.54, 1.807) is 6.92 Å². The number of aromatic amines is 1. The number of hydrogen-bond acceptors (Lipinski definition) is 5. The molecule has 114 valence electrons. The third-order valence-electron chi connectivity index (χ3n) is 3.55. The number of aromatic nitrogens is 1. The van der Waals surface area contributed by atoms with Crippen molar-refractivity contribution in [3.63, 3.8) is 0 Å². The highest BCUT2D eigenvalue weighted by atomic mass is 32.2. The standard InChI is InChI=1S/C12H21N3O3S2/c1-9-11(19-12(16)13-9)20(17,18)15-6-4-10(5-7-15)8-14(2)3/h10H,4-8H2,1-3H3,(H,13,16). The minimum atomic E-state index is -3.52. The Morgan fingerprint density at radius 2 is 1.95 bits per heavy atom. The molecule has 0 saturated carbocycles. The van der Waals surface area contributed by atoms with Gasteiger partial charge >= 0.3 is 4.87 Å². The highest BCUT2D eigenvalue weighted by Gasteiger charge is 2.32. The number of piperidine rings is 1. The van der Waals surface area contributed by atoms with Gasteiger partial charge in [0, 0.05) is 25.3 Å². The monoisotopic (exact) mass is 319 g/mol. The van der Waals surface area contributed by atoms with Crippen LogP contribution in [-0.2, 0) is 10.0 Å². The third-order valence-corrected chi connectivity index (χ3v) is 7.03. The van der Waals surface area contributed by atoms with E-state index in [1.165, 1.54) is 4.31 Å². The molecule has 6 nitrogen and oxygen atoms in total. The van der Waals surface area contributed by atoms with Crippen LogP contribution in [0.1, 0.15) is 18.5 Å². The van der Waals surface area contributed by atoms with E-state index in [0.29, 0.717) is 24.7 Å². The van der Waals surface area contributed by atoms with Crippen LogP contribution < -0.4 is 4.87 Å². The first-order valence-corrected chi connectivity index (χ1v) is 8.91. The van der Waals surface area contributed by atoms with Crippen molar-refractivity contribution in [3.8, 4) is 0 Å². The summed E-state index contributed by atoms with van der Waals surface area (Å²) in [5.74, 6) is 0.544. The van der Waals surface area contributed by atoms with E-state index >= 15 is 0 Å². The van der Waals surface area contributed by atoms with E-state index in [2.05, 4.69) is 9.88 Å². The van der Waals surface area contributed by atoms with Gasteiger partial charge in [-0.15, -0.1) is 0 Å². The van der Waals surface area contributed by atoms with Gasteiger partial charge in [-0.3, -0.25) is 4.79 Å². The van der Waals surface area contributed by atoms with Gasteiger partial charge in [-0.25, -0.2) is 8.42 Å². The van der Waals surface area contributed by atoms with E-state index in [-0.39, 0.29) is 9.08 Å². The fourth-order valence-corrected chi connectivity index (χ4v) is 5.51. The van der Waals surface area contributed by atoms with E-state index in [9.17, 15) is 13.2 Å². The van der Waals surface area contributed by atoms with Crippen molar-refractivity contribution in [2.24, 2.45) is 5.92 Å². The summed E-state index contributed by atoms with van der Waals surface area (Å²) in [4.78, 5) is 15.6. The van der Waals surface area contributed by atoms with Crippen molar-refractivity contribution < 1.29 is 8.42 Å². The molecule has 1 aromatic heterocycles. The van der Waals surface area contributed by atoms with Gasteiger partial charge in [-0.05, 0) is 39.8 Å². The predicted molar refractivity (Wildman–Crippen MR) is 79.7 cm³/mol. The number of thiazole rings is 1. The van der Waals surface area contributed by atoms with Gasteiger partial charge in [0.2, 0.25) is 0 Å². The van der Waals surface area contributed by atoms with Crippen LogP contribution >= 0.6 is 11.3 Å². The number of hydrogen-bond donors (Lipinski definition) is 1. The summed E-state index contributed by atoms with van der Waals surface area (Å²) in [7, 11) is 0.546. The molecule has 20 heavy (non-hydrogen) atoms. The Kier molecular flexibility index (Phi) is 4.68. The van der Waals surface area contributed by atoms with Crippen molar-refractivity contribution in [2.75, 3.05) is 33.7 Å². The molecule has 8 heteroatoms. The number of aryl methyl sites for hydroxylation is 1. The van der Waals surface area contributed by atoms with Gasteiger partial charge in [-0.1, -0.05) is 11.3 Å². The maximum atomic E-state index is 12.5. The molecule has 2 rings (SSSR count). The SMILES string of the molecule is Cc1[nH]c(=O)sc1S(=O)(=O)N1CCC(CN(C)C)CC1. The largest absolute Gasteiger partial charge is 0.315 e. The summed E-state index contributed by atoms with van der Waals surface area (Å²) < 4.78 is 26.7. The zero-order chi connectivity index (χ0) is 14.9. The molecule has 1 aromatic rings. The summed E-state index contributed by atoms with van der Waals surface area (Å²) in [6.45, 7) is 3.69. The summed E-state index contributed by atoms with van der Waals surface area (Å²) in [6, 6.07) is 0. The van der Waals surface area contributed by atoms with Gasteiger partial charge in [0.05, 0.1) is 0 Å². The maximum absolute atomic E-state index is 12.5. The molecular formula is C12H21N3O3S2. The predicted octanol–water partition coefficient (Wildman–Crippen LogP) is 0.707. The minimum absolute atomic E-state index is 0.161. The first-order valence-electron chi connectivity index (χ1n) is 6.65. The van der Waals surface area contributed by atoms with Crippen LogP contribution in [0.15, 0.2) is 9.00 Å². The lowest BCUT2D eigenvalue weighted by atomic mass is 9.98. The number of nitrogens with zero attached hydrogens (tertiary/aromatic N) is 2. The third kappa shape index (κ3) is 3.30. The van der Waals surface area contributed by atoms with Crippen LogP contribution in [0.5, 0.6) is 0 Å². The normalized spacial score (nSPS) is 18.8. The fraction of sp³-hybridized carbons (Fsp3) is 0.750. The van der Waals surface area contributed by atoms with Crippen LogP contribution in [0.3, 0.4) is 0 Å². The van der Waals surface area contributed by atoms with Crippen molar-refractivity contribution in [3.05, 3.63) is 15.4 Å². The molecule has 1 N–H and O–H groups in total. The van der Waals surface area contributed by atoms with Crippen LogP contribution in [0.2, 0.25) is 0 Å². The lowest BCUT2D eigenvalue weighted by Gasteiger charge is -2.32. The van der Waals surface area contributed by atoms with Gasteiger partial charge < -0.3 is 9.88 Å². The molecule has 1 aliphatic heterocycles.